The van der Waals surface area contributed by atoms with Gasteiger partial charge in [-0.25, -0.2) is 0 Å². The molecule has 0 aliphatic rings. The van der Waals surface area contributed by atoms with E-state index in [4.69, 9.17) is 11.6 Å². The van der Waals surface area contributed by atoms with Crippen LogP contribution in [0.4, 0.5) is 5.69 Å². The van der Waals surface area contributed by atoms with Crippen molar-refractivity contribution in [2.45, 2.75) is 39.0 Å². The number of aryl methyl sites for hydroxylation is 1. The number of nitrogens with one attached hydrogen (secondary N) is 2. The molecule has 0 aliphatic carbocycles. The number of anilines is 1. The number of halogens is 1. The number of hydrogen-bond donors (Lipinski definition) is 2. The molecule has 2 N–H and O–H groups in total. The van der Waals surface area contributed by atoms with Crippen molar-refractivity contribution < 1.29 is 9.59 Å². The van der Waals surface area contributed by atoms with E-state index in [1.165, 1.54) is 11.8 Å². The van der Waals surface area contributed by atoms with Crippen LogP contribution in [0.1, 0.15) is 34.2 Å². The molecule has 0 saturated carbocycles. The Morgan fingerprint density at radius 2 is 1.87 bits per heavy atom. The quantitative estimate of drug-likeness (QED) is 0.494. The van der Waals surface area contributed by atoms with Gasteiger partial charge in [-0.3, -0.25) is 9.59 Å². The molecule has 0 atom stereocenters. The Labute approximate surface area is 190 Å². The van der Waals surface area contributed by atoms with Crippen LogP contribution in [0.25, 0.3) is 0 Å². The maximum absolute atomic E-state index is 12.4. The largest absolute Gasteiger partial charge is 0.345 e. The van der Waals surface area contributed by atoms with E-state index in [-0.39, 0.29) is 24.1 Å². The second-order valence-electron chi connectivity index (χ2n) is 6.89. The zero-order valence-electron chi connectivity index (χ0n) is 17.6. The van der Waals surface area contributed by atoms with Crippen LogP contribution < -0.4 is 10.6 Å². The Morgan fingerprint density at radius 1 is 1.10 bits per heavy atom. The molecule has 0 spiro atoms. The van der Waals surface area contributed by atoms with E-state index in [1.54, 1.807) is 18.2 Å². The van der Waals surface area contributed by atoms with Crippen LogP contribution in [0, 0.1) is 13.8 Å². The third-order valence-corrected chi connectivity index (χ3v) is 6.16. The summed E-state index contributed by atoms with van der Waals surface area (Å²) in [5.74, 6) is 0.502. The van der Waals surface area contributed by atoms with E-state index in [0.29, 0.717) is 33.8 Å². The highest BCUT2D eigenvalue weighted by molar-refractivity contribution is 7.99. The lowest BCUT2D eigenvalue weighted by molar-refractivity contribution is -0.113. The predicted molar refractivity (Wildman–Crippen MR) is 124 cm³/mol. The molecule has 2 aromatic carbocycles. The lowest BCUT2D eigenvalue weighted by Gasteiger charge is -2.10. The second-order valence-corrected chi connectivity index (χ2v) is 8.24. The number of carbonyl (C=O) groups is 2. The molecule has 0 unspecified atom stereocenters. The van der Waals surface area contributed by atoms with Crippen molar-refractivity contribution in [2.24, 2.45) is 0 Å². The fraction of sp³-hybridized carbons (Fsp3) is 0.273. The van der Waals surface area contributed by atoms with Crippen LogP contribution in [0.3, 0.4) is 0 Å². The summed E-state index contributed by atoms with van der Waals surface area (Å²) in [4.78, 5) is 24.8. The molecule has 0 aliphatic heterocycles. The Balaban J connectivity index is 1.59. The van der Waals surface area contributed by atoms with Gasteiger partial charge in [-0.05, 0) is 50.1 Å². The smallest absolute Gasteiger partial charge is 0.251 e. The third-order valence-electron chi connectivity index (χ3n) is 4.78. The SMILES string of the molecule is CCn1c(CNC(=O)c2ccccc2C)nnc1SCC(=O)Nc1cccc(Cl)c1C. The van der Waals surface area contributed by atoms with Gasteiger partial charge in [0.1, 0.15) is 0 Å². The molecule has 31 heavy (non-hydrogen) atoms. The van der Waals surface area contributed by atoms with Crippen molar-refractivity contribution in [2.75, 3.05) is 11.1 Å². The van der Waals surface area contributed by atoms with Crippen molar-refractivity contribution in [3.05, 3.63) is 70.0 Å². The molecular formula is C22H24ClN5O2S. The Kier molecular flexibility index (Phi) is 7.70. The summed E-state index contributed by atoms with van der Waals surface area (Å²) < 4.78 is 1.89. The van der Waals surface area contributed by atoms with E-state index in [0.717, 1.165) is 11.1 Å². The monoisotopic (exact) mass is 457 g/mol. The van der Waals surface area contributed by atoms with Crippen molar-refractivity contribution in [1.82, 2.24) is 20.1 Å². The second kappa shape index (κ2) is 10.5. The summed E-state index contributed by atoms with van der Waals surface area (Å²) in [7, 11) is 0. The lowest BCUT2D eigenvalue weighted by atomic mass is 10.1. The van der Waals surface area contributed by atoms with Crippen molar-refractivity contribution in [3.63, 3.8) is 0 Å². The van der Waals surface area contributed by atoms with E-state index in [1.807, 2.05) is 49.6 Å². The van der Waals surface area contributed by atoms with Crippen molar-refractivity contribution in [3.8, 4) is 0 Å². The molecule has 0 radical (unpaired) electrons. The van der Waals surface area contributed by atoms with Gasteiger partial charge in [-0.15, -0.1) is 10.2 Å². The minimum atomic E-state index is -0.158. The van der Waals surface area contributed by atoms with E-state index >= 15 is 0 Å². The molecular weight excluding hydrogens is 434 g/mol. The molecule has 0 fully saturated rings. The van der Waals surface area contributed by atoms with Gasteiger partial charge in [0.05, 0.1) is 12.3 Å². The Bertz CT molecular complexity index is 1100. The fourth-order valence-electron chi connectivity index (χ4n) is 3.02. The van der Waals surface area contributed by atoms with Crippen LogP contribution in [0.2, 0.25) is 5.02 Å². The standard InChI is InChI=1S/C22H24ClN5O2S/c1-4-28-19(12-24-21(30)16-9-6-5-8-14(16)2)26-27-22(28)31-13-20(29)25-18-11-7-10-17(23)15(18)3/h5-11H,4,12-13H2,1-3H3,(H,24,30)(H,25,29). The number of rotatable bonds is 8. The van der Waals surface area contributed by atoms with Crippen molar-refractivity contribution in [1.29, 1.82) is 0 Å². The molecule has 7 nitrogen and oxygen atoms in total. The molecule has 162 valence electrons. The average molecular weight is 458 g/mol. The Morgan fingerprint density at radius 3 is 2.61 bits per heavy atom. The number of amides is 2. The summed E-state index contributed by atoms with van der Waals surface area (Å²) >= 11 is 7.40. The van der Waals surface area contributed by atoms with E-state index < -0.39 is 0 Å². The lowest BCUT2D eigenvalue weighted by Crippen LogP contribution is -2.25. The first-order valence-corrected chi connectivity index (χ1v) is 11.2. The fourth-order valence-corrected chi connectivity index (χ4v) is 4.01. The zero-order chi connectivity index (χ0) is 22.4. The summed E-state index contributed by atoms with van der Waals surface area (Å²) in [6.45, 7) is 6.60. The molecule has 1 heterocycles. The van der Waals surface area contributed by atoms with E-state index in [2.05, 4.69) is 20.8 Å². The first kappa shape index (κ1) is 22.8. The summed E-state index contributed by atoms with van der Waals surface area (Å²) in [6.07, 6.45) is 0. The molecule has 9 heteroatoms. The molecule has 0 saturated heterocycles. The topological polar surface area (TPSA) is 88.9 Å². The maximum atomic E-state index is 12.4. The van der Waals surface area contributed by atoms with Crippen LogP contribution in [-0.4, -0.2) is 32.3 Å². The highest BCUT2D eigenvalue weighted by Gasteiger charge is 2.15. The number of benzene rings is 2. The van der Waals surface area contributed by atoms with Gasteiger partial charge >= 0.3 is 0 Å². The van der Waals surface area contributed by atoms with Crippen LogP contribution in [0.5, 0.6) is 0 Å². The first-order chi connectivity index (χ1) is 14.9. The summed E-state index contributed by atoms with van der Waals surface area (Å²) in [6, 6.07) is 12.8. The molecule has 1 aromatic heterocycles. The maximum Gasteiger partial charge on any atom is 0.251 e. The number of hydrogen-bond acceptors (Lipinski definition) is 5. The normalized spacial score (nSPS) is 10.7. The minimum absolute atomic E-state index is 0.157. The molecule has 2 amide bonds. The number of thioether (sulfide) groups is 1. The number of nitrogens with zero attached hydrogens (tertiary/aromatic N) is 3. The van der Waals surface area contributed by atoms with Crippen molar-refractivity contribution >= 4 is 40.9 Å². The number of carbonyl (C=O) groups excluding carboxylic acids is 2. The van der Waals surface area contributed by atoms with Gasteiger partial charge in [0, 0.05) is 22.8 Å². The highest BCUT2D eigenvalue weighted by Crippen LogP contribution is 2.24. The van der Waals surface area contributed by atoms with Crippen LogP contribution in [-0.2, 0) is 17.9 Å². The van der Waals surface area contributed by atoms with Gasteiger partial charge < -0.3 is 15.2 Å². The average Bonchev–Trinajstić information content (AvgIpc) is 3.16. The van der Waals surface area contributed by atoms with Gasteiger partial charge in [0.2, 0.25) is 5.91 Å². The van der Waals surface area contributed by atoms with Gasteiger partial charge in [-0.1, -0.05) is 47.6 Å². The molecule has 3 aromatic rings. The molecule has 3 rings (SSSR count). The van der Waals surface area contributed by atoms with Gasteiger partial charge in [0.15, 0.2) is 11.0 Å². The Hall–Kier alpha value is -2.84. The number of aromatic nitrogens is 3. The predicted octanol–water partition coefficient (Wildman–Crippen LogP) is 4.23. The van der Waals surface area contributed by atoms with Crippen LogP contribution in [0.15, 0.2) is 47.6 Å². The zero-order valence-corrected chi connectivity index (χ0v) is 19.2. The highest BCUT2D eigenvalue weighted by atomic mass is 35.5. The summed E-state index contributed by atoms with van der Waals surface area (Å²) in [5.41, 5.74) is 3.06. The van der Waals surface area contributed by atoms with Crippen LogP contribution >= 0.6 is 23.4 Å². The van der Waals surface area contributed by atoms with Gasteiger partial charge in [-0.2, -0.15) is 0 Å². The van der Waals surface area contributed by atoms with E-state index in [9.17, 15) is 9.59 Å². The minimum Gasteiger partial charge on any atom is -0.345 e. The van der Waals surface area contributed by atoms with Gasteiger partial charge in [0.25, 0.3) is 5.91 Å². The molecule has 0 bridgehead atoms. The third kappa shape index (κ3) is 5.65. The first-order valence-electron chi connectivity index (χ1n) is 9.84. The summed E-state index contributed by atoms with van der Waals surface area (Å²) in [5, 5.41) is 15.4.